The van der Waals surface area contributed by atoms with Gasteiger partial charge in [0.15, 0.2) is 0 Å². The lowest BCUT2D eigenvalue weighted by Gasteiger charge is -2.28. The predicted molar refractivity (Wildman–Crippen MR) is 96.3 cm³/mol. The van der Waals surface area contributed by atoms with Gasteiger partial charge in [-0.05, 0) is 31.5 Å². The van der Waals surface area contributed by atoms with Gasteiger partial charge >= 0.3 is 0 Å². The van der Waals surface area contributed by atoms with Crippen molar-refractivity contribution in [3.8, 4) is 11.5 Å². The van der Waals surface area contributed by atoms with Gasteiger partial charge in [0.1, 0.15) is 29.2 Å². The molecule has 0 aliphatic carbocycles. The van der Waals surface area contributed by atoms with E-state index in [9.17, 15) is 15.0 Å². The van der Waals surface area contributed by atoms with E-state index in [0.29, 0.717) is 11.6 Å². The Labute approximate surface area is 150 Å². The minimum absolute atomic E-state index is 0.00702. The van der Waals surface area contributed by atoms with Crippen molar-refractivity contribution in [1.29, 1.82) is 0 Å². The number of phenols is 2. The molecule has 132 valence electrons. The summed E-state index contributed by atoms with van der Waals surface area (Å²) in [5.74, 6) is -0.151. The molecule has 0 bridgehead atoms. The molecule has 0 radical (unpaired) electrons. The number of phenolic OH excluding ortho intramolecular Hbond substituents is 2. The van der Waals surface area contributed by atoms with E-state index in [1.165, 1.54) is 22.6 Å². The number of hydrogen-bond donors (Lipinski definition) is 5. The van der Waals surface area contributed by atoms with Crippen molar-refractivity contribution in [3.05, 3.63) is 39.8 Å². The molecule has 1 amide bonds. The Morgan fingerprint density at radius 2 is 2.08 bits per heavy atom. The van der Waals surface area contributed by atoms with Crippen LogP contribution in [0.25, 0.3) is 0 Å². The SMILES string of the molecule is CC(C)[NH+]1CCc2c(sc3c2C(=O)N[C@H](c2ccc(O)cc2O)N3)C1. The highest BCUT2D eigenvalue weighted by atomic mass is 32.1. The van der Waals surface area contributed by atoms with Crippen LogP contribution < -0.4 is 15.5 Å². The zero-order valence-corrected chi connectivity index (χ0v) is 15.0. The smallest absolute Gasteiger partial charge is 0.256 e. The molecule has 6 nitrogen and oxygen atoms in total. The van der Waals surface area contributed by atoms with E-state index in [1.54, 1.807) is 22.3 Å². The van der Waals surface area contributed by atoms with Crippen molar-refractivity contribution in [1.82, 2.24) is 5.32 Å². The number of aromatic hydroxyl groups is 2. The van der Waals surface area contributed by atoms with Gasteiger partial charge in [-0.15, -0.1) is 11.3 Å². The number of amides is 1. The molecule has 2 aromatic rings. The number of anilines is 1. The van der Waals surface area contributed by atoms with Gasteiger partial charge in [0.25, 0.3) is 5.91 Å². The Morgan fingerprint density at radius 1 is 1.28 bits per heavy atom. The summed E-state index contributed by atoms with van der Waals surface area (Å²) in [4.78, 5) is 15.5. The zero-order valence-electron chi connectivity index (χ0n) is 14.2. The molecule has 3 heterocycles. The fourth-order valence-electron chi connectivity index (χ4n) is 3.64. The summed E-state index contributed by atoms with van der Waals surface area (Å²) in [7, 11) is 0. The van der Waals surface area contributed by atoms with Crippen LogP contribution in [0.5, 0.6) is 11.5 Å². The molecule has 2 aliphatic rings. The number of hydrogen-bond acceptors (Lipinski definition) is 5. The zero-order chi connectivity index (χ0) is 17.7. The molecule has 7 heteroatoms. The monoisotopic (exact) mass is 360 g/mol. The second-order valence-corrected chi connectivity index (χ2v) is 8.10. The summed E-state index contributed by atoms with van der Waals surface area (Å²) in [5, 5.41) is 26.7. The molecular weight excluding hydrogens is 338 g/mol. The van der Waals surface area contributed by atoms with E-state index in [4.69, 9.17) is 0 Å². The minimum atomic E-state index is -0.505. The highest BCUT2D eigenvalue weighted by Crippen LogP contribution is 2.40. The molecule has 1 unspecified atom stereocenters. The fourth-order valence-corrected chi connectivity index (χ4v) is 4.96. The summed E-state index contributed by atoms with van der Waals surface area (Å²) in [6, 6.07) is 4.96. The van der Waals surface area contributed by atoms with Crippen LogP contribution in [0, 0.1) is 0 Å². The molecule has 0 fully saturated rings. The number of quaternary nitrogens is 1. The van der Waals surface area contributed by atoms with Gasteiger partial charge in [-0.25, -0.2) is 0 Å². The lowest BCUT2D eigenvalue weighted by Crippen LogP contribution is -3.14. The Kier molecular flexibility index (Phi) is 3.85. The maximum Gasteiger partial charge on any atom is 0.256 e. The molecule has 4 rings (SSSR count). The predicted octanol–water partition coefficient (Wildman–Crippen LogP) is 1.36. The van der Waals surface area contributed by atoms with E-state index < -0.39 is 6.17 Å². The van der Waals surface area contributed by atoms with E-state index in [2.05, 4.69) is 24.5 Å². The molecule has 5 N–H and O–H groups in total. The first-order chi connectivity index (χ1) is 11.9. The number of nitrogens with one attached hydrogen (secondary N) is 3. The quantitative estimate of drug-likeness (QED) is 0.560. The lowest BCUT2D eigenvalue weighted by atomic mass is 9.99. The number of benzene rings is 1. The van der Waals surface area contributed by atoms with Crippen LogP contribution >= 0.6 is 11.3 Å². The maximum absolute atomic E-state index is 12.7. The Hall–Kier alpha value is -2.25. The normalized spacial score (nSPS) is 22.1. The van der Waals surface area contributed by atoms with Crippen molar-refractivity contribution in [3.63, 3.8) is 0 Å². The van der Waals surface area contributed by atoms with Crippen molar-refractivity contribution >= 4 is 22.2 Å². The highest BCUT2D eigenvalue weighted by Gasteiger charge is 2.35. The summed E-state index contributed by atoms with van der Waals surface area (Å²) in [6.07, 6.45) is 0.410. The standard InChI is InChI=1S/C18H21N3O3S/c1-9(2)21-6-5-12-14(8-21)25-18-15(12)17(24)19-16(20-18)11-4-3-10(22)7-13(11)23/h3-4,7,9,16,20,22-23H,5-6,8H2,1-2H3,(H,19,24)/p+1/t16-/m0/s1. The van der Waals surface area contributed by atoms with Crippen LogP contribution in [-0.2, 0) is 13.0 Å². The first kappa shape index (κ1) is 16.2. The van der Waals surface area contributed by atoms with Gasteiger partial charge in [-0.2, -0.15) is 0 Å². The van der Waals surface area contributed by atoms with Gasteiger partial charge in [0, 0.05) is 18.1 Å². The Balaban J connectivity index is 1.67. The molecule has 0 spiro atoms. The highest BCUT2D eigenvalue weighted by molar-refractivity contribution is 7.16. The topological polar surface area (TPSA) is 86.0 Å². The van der Waals surface area contributed by atoms with Gasteiger partial charge < -0.3 is 25.7 Å². The second kappa shape index (κ2) is 5.93. The molecule has 2 atom stereocenters. The van der Waals surface area contributed by atoms with Gasteiger partial charge in [-0.1, -0.05) is 0 Å². The molecule has 0 saturated heterocycles. The summed E-state index contributed by atoms with van der Waals surface area (Å²) in [6.45, 7) is 6.45. The largest absolute Gasteiger partial charge is 0.508 e. The van der Waals surface area contributed by atoms with Crippen molar-refractivity contribution in [2.45, 2.75) is 39.0 Å². The molecule has 0 saturated carbocycles. The van der Waals surface area contributed by atoms with Gasteiger partial charge in [0.05, 0.1) is 23.0 Å². The number of fused-ring (bicyclic) bond motifs is 3. The third kappa shape index (κ3) is 2.73. The summed E-state index contributed by atoms with van der Waals surface area (Å²) in [5.41, 5.74) is 2.47. The van der Waals surface area contributed by atoms with Crippen LogP contribution in [0.3, 0.4) is 0 Å². The number of rotatable bonds is 2. The second-order valence-electron chi connectivity index (χ2n) is 6.99. The first-order valence-electron chi connectivity index (χ1n) is 8.52. The molecule has 1 aromatic heterocycles. The van der Waals surface area contributed by atoms with Crippen molar-refractivity contribution < 1.29 is 19.9 Å². The van der Waals surface area contributed by atoms with Crippen LogP contribution in [0.4, 0.5) is 5.00 Å². The fraction of sp³-hybridized carbons (Fsp3) is 0.389. The van der Waals surface area contributed by atoms with Crippen molar-refractivity contribution in [2.24, 2.45) is 0 Å². The minimum Gasteiger partial charge on any atom is -0.508 e. The Morgan fingerprint density at radius 3 is 2.80 bits per heavy atom. The van der Waals surface area contributed by atoms with Crippen LogP contribution in [0.1, 0.15) is 46.4 Å². The lowest BCUT2D eigenvalue weighted by molar-refractivity contribution is -0.936. The van der Waals surface area contributed by atoms with Crippen LogP contribution in [-0.4, -0.2) is 28.7 Å². The average Bonchev–Trinajstić information content (AvgIpc) is 2.92. The first-order valence-corrected chi connectivity index (χ1v) is 9.34. The van der Waals surface area contributed by atoms with E-state index in [1.807, 2.05) is 0 Å². The molecular formula is C18H22N3O3S+. The van der Waals surface area contributed by atoms with Crippen molar-refractivity contribution in [2.75, 3.05) is 11.9 Å². The third-order valence-corrected chi connectivity index (χ3v) is 6.26. The molecule has 2 aliphatic heterocycles. The molecule has 25 heavy (non-hydrogen) atoms. The van der Waals surface area contributed by atoms with Gasteiger partial charge in [-0.3, -0.25) is 4.79 Å². The third-order valence-electron chi connectivity index (χ3n) is 5.09. The molecule has 1 aromatic carbocycles. The van der Waals surface area contributed by atoms with Crippen LogP contribution in [0.2, 0.25) is 0 Å². The van der Waals surface area contributed by atoms with E-state index in [-0.39, 0.29) is 17.4 Å². The van der Waals surface area contributed by atoms with Crippen LogP contribution in [0.15, 0.2) is 18.2 Å². The van der Waals surface area contributed by atoms with E-state index >= 15 is 0 Å². The maximum atomic E-state index is 12.7. The summed E-state index contributed by atoms with van der Waals surface area (Å²) >= 11 is 1.65. The summed E-state index contributed by atoms with van der Waals surface area (Å²) < 4.78 is 0. The number of thiophene rings is 1. The number of carbonyl (C=O) groups is 1. The Bertz CT molecular complexity index is 846. The van der Waals surface area contributed by atoms with Gasteiger partial charge in [0.2, 0.25) is 0 Å². The van der Waals surface area contributed by atoms with E-state index in [0.717, 1.165) is 30.1 Å². The number of carbonyl (C=O) groups excluding carboxylic acids is 1. The average molecular weight is 360 g/mol.